The molecule has 3 aromatic rings. The van der Waals surface area contributed by atoms with E-state index < -0.39 is 11.7 Å². The second kappa shape index (κ2) is 6.25. The van der Waals surface area contributed by atoms with Gasteiger partial charge in [-0.15, -0.1) is 10.2 Å². The van der Waals surface area contributed by atoms with Crippen molar-refractivity contribution < 1.29 is 31.8 Å². The molecule has 134 valence electrons. The van der Waals surface area contributed by atoms with E-state index in [-0.39, 0.29) is 30.7 Å². The second-order valence-corrected chi connectivity index (χ2v) is 5.35. The van der Waals surface area contributed by atoms with Crippen molar-refractivity contribution in [2.75, 3.05) is 6.79 Å². The van der Waals surface area contributed by atoms with Crippen LogP contribution in [0.3, 0.4) is 0 Å². The van der Waals surface area contributed by atoms with E-state index in [0.717, 1.165) is 6.07 Å². The number of benzene rings is 2. The normalized spacial score (nSPS) is 13.0. The number of aromatic nitrogens is 2. The molecule has 1 aliphatic heterocycles. The molecule has 0 bridgehead atoms. The summed E-state index contributed by atoms with van der Waals surface area (Å²) in [5.74, 6) is 1.47. The number of hydrogen-bond acceptors (Lipinski definition) is 6. The van der Waals surface area contributed by atoms with Crippen LogP contribution in [0.25, 0.3) is 11.5 Å². The monoisotopic (exact) mass is 364 g/mol. The molecule has 4 rings (SSSR count). The Morgan fingerprint density at radius 1 is 1.00 bits per heavy atom. The summed E-state index contributed by atoms with van der Waals surface area (Å²) in [7, 11) is 0. The van der Waals surface area contributed by atoms with Crippen molar-refractivity contribution in [1.82, 2.24) is 10.2 Å². The average molecular weight is 364 g/mol. The third kappa shape index (κ3) is 3.15. The van der Waals surface area contributed by atoms with Crippen LogP contribution in [0.5, 0.6) is 17.2 Å². The zero-order chi connectivity index (χ0) is 18.1. The highest BCUT2D eigenvalue weighted by Gasteiger charge is 2.34. The van der Waals surface area contributed by atoms with Gasteiger partial charge in [-0.05, 0) is 24.3 Å². The summed E-state index contributed by atoms with van der Waals surface area (Å²) in [5.41, 5.74) is -1.02. The highest BCUT2D eigenvalue weighted by molar-refractivity contribution is 5.59. The molecule has 26 heavy (non-hydrogen) atoms. The van der Waals surface area contributed by atoms with Crippen LogP contribution in [0.4, 0.5) is 13.2 Å². The molecule has 6 nitrogen and oxygen atoms in total. The zero-order valence-corrected chi connectivity index (χ0v) is 13.1. The van der Waals surface area contributed by atoms with Gasteiger partial charge in [-0.25, -0.2) is 0 Å². The van der Waals surface area contributed by atoms with Crippen molar-refractivity contribution in [3.05, 3.63) is 53.9 Å². The molecule has 9 heteroatoms. The molecule has 0 N–H and O–H groups in total. The lowest BCUT2D eigenvalue weighted by atomic mass is 10.1. The van der Waals surface area contributed by atoms with Gasteiger partial charge in [-0.2, -0.15) is 13.2 Å². The van der Waals surface area contributed by atoms with Crippen LogP contribution in [0.2, 0.25) is 0 Å². The molecule has 0 radical (unpaired) electrons. The van der Waals surface area contributed by atoms with E-state index in [1.807, 2.05) is 0 Å². The fraction of sp³-hybridized carbons (Fsp3) is 0.176. The van der Waals surface area contributed by atoms with Crippen LogP contribution in [0, 0.1) is 0 Å². The van der Waals surface area contributed by atoms with E-state index in [1.165, 1.54) is 18.2 Å². The minimum Gasteiger partial charge on any atom is -0.484 e. The molecule has 0 atom stereocenters. The molecule has 0 saturated carbocycles. The van der Waals surface area contributed by atoms with Crippen molar-refractivity contribution in [1.29, 1.82) is 0 Å². The molecule has 0 saturated heterocycles. The lowest BCUT2D eigenvalue weighted by Gasteiger charge is -2.09. The van der Waals surface area contributed by atoms with Crippen LogP contribution in [0.15, 0.2) is 46.9 Å². The minimum atomic E-state index is -4.52. The number of rotatable bonds is 4. The van der Waals surface area contributed by atoms with Gasteiger partial charge in [0.05, 0.1) is 11.1 Å². The first-order valence-corrected chi connectivity index (χ1v) is 7.52. The van der Waals surface area contributed by atoms with Gasteiger partial charge in [0.1, 0.15) is 5.75 Å². The molecule has 1 aliphatic rings. The molecular weight excluding hydrogens is 353 g/mol. The number of halogens is 3. The first-order valence-electron chi connectivity index (χ1n) is 7.52. The number of hydrogen-bond donors (Lipinski definition) is 0. The standard InChI is InChI=1S/C17H11F3N2O4/c18-17(19,20)12-4-2-1-3-11(12)16-22-21-15(26-16)8-23-10-5-6-13-14(7-10)25-9-24-13/h1-7H,8-9H2. The average Bonchev–Trinajstić information content (AvgIpc) is 3.28. The molecule has 0 unspecified atom stereocenters. The van der Waals surface area contributed by atoms with E-state index in [2.05, 4.69) is 10.2 Å². The predicted molar refractivity (Wildman–Crippen MR) is 81.6 cm³/mol. The summed E-state index contributed by atoms with van der Waals surface area (Å²) in [6, 6.07) is 10.0. The SMILES string of the molecule is FC(F)(F)c1ccccc1-c1nnc(COc2ccc3c(c2)OCO3)o1. The van der Waals surface area contributed by atoms with Gasteiger partial charge in [0.25, 0.3) is 5.89 Å². The second-order valence-electron chi connectivity index (χ2n) is 5.35. The van der Waals surface area contributed by atoms with Crippen LogP contribution in [0.1, 0.15) is 11.5 Å². The first kappa shape index (κ1) is 16.2. The van der Waals surface area contributed by atoms with Crippen LogP contribution < -0.4 is 14.2 Å². The van der Waals surface area contributed by atoms with Crippen LogP contribution >= 0.6 is 0 Å². The summed E-state index contributed by atoms with van der Waals surface area (Å²) in [4.78, 5) is 0. The predicted octanol–water partition coefficient (Wildman–Crippen LogP) is 4.06. The van der Waals surface area contributed by atoms with Crippen molar-refractivity contribution in [2.45, 2.75) is 12.8 Å². The Morgan fingerprint density at radius 3 is 2.65 bits per heavy atom. The third-order valence-electron chi connectivity index (χ3n) is 3.64. The van der Waals surface area contributed by atoms with E-state index in [0.29, 0.717) is 17.2 Å². The Hall–Kier alpha value is -3.23. The number of nitrogens with zero attached hydrogens (tertiary/aromatic N) is 2. The topological polar surface area (TPSA) is 66.6 Å². The zero-order valence-electron chi connectivity index (χ0n) is 13.1. The molecule has 0 fully saturated rings. The first-order chi connectivity index (χ1) is 12.5. The molecule has 2 heterocycles. The minimum absolute atomic E-state index is 0.0506. The Bertz CT molecular complexity index is 940. The van der Waals surface area contributed by atoms with E-state index in [1.54, 1.807) is 18.2 Å². The maximum absolute atomic E-state index is 13.1. The van der Waals surface area contributed by atoms with E-state index in [9.17, 15) is 13.2 Å². The third-order valence-corrected chi connectivity index (χ3v) is 3.64. The van der Waals surface area contributed by atoms with Gasteiger partial charge < -0.3 is 18.6 Å². The Labute approximate surface area is 145 Å². The highest BCUT2D eigenvalue weighted by Crippen LogP contribution is 2.37. The van der Waals surface area contributed by atoms with Gasteiger partial charge in [-0.1, -0.05) is 12.1 Å². The highest BCUT2D eigenvalue weighted by atomic mass is 19.4. The van der Waals surface area contributed by atoms with Crippen molar-refractivity contribution in [3.8, 4) is 28.7 Å². The number of fused-ring (bicyclic) bond motifs is 1. The lowest BCUT2D eigenvalue weighted by molar-refractivity contribution is -0.137. The van der Waals surface area contributed by atoms with Crippen LogP contribution in [-0.4, -0.2) is 17.0 Å². The molecule has 0 aliphatic carbocycles. The van der Waals surface area contributed by atoms with Crippen molar-refractivity contribution in [3.63, 3.8) is 0 Å². The van der Waals surface area contributed by atoms with E-state index in [4.69, 9.17) is 18.6 Å². The Morgan fingerprint density at radius 2 is 1.81 bits per heavy atom. The summed E-state index contributed by atoms with van der Waals surface area (Å²) in [6.45, 7) is 0.0469. The molecule has 2 aromatic carbocycles. The molecule has 0 amide bonds. The fourth-order valence-corrected chi connectivity index (χ4v) is 2.45. The van der Waals surface area contributed by atoms with Gasteiger partial charge in [0, 0.05) is 6.07 Å². The quantitative estimate of drug-likeness (QED) is 0.695. The van der Waals surface area contributed by atoms with Gasteiger partial charge in [0.15, 0.2) is 18.1 Å². The Kier molecular flexibility index (Phi) is 3.90. The number of alkyl halides is 3. The lowest BCUT2D eigenvalue weighted by Crippen LogP contribution is -2.06. The van der Waals surface area contributed by atoms with Crippen molar-refractivity contribution in [2.24, 2.45) is 0 Å². The summed E-state index contributed by atoms with van der Waals surface area (Å²) < 4.78 is 60.5. The van der Waals surface area contributed by atoms with Crippen molar-refractivity contribution >= 4 is 0 Å². The van der Waals surface area contributed by atoms with Gasteiger partial charge >= 0.3 is 6.18 Å². The van der Waals surface area contributed by atoms with Gasteiger partial charge in [-0.3, -0.25) is 0 Å². The molecular formula is C17H11F3N2O4. The summed E-state index contributed by atoms with van der Waals surface area (Å²) in [6.07, 6.45) is -4.52. The largest absolute Gasteiger partial charge is 0.484 e. The Balaban J connectivity index is 1.51. The van der Waals surface area contributed by atoms with Crippen LogP contribution in [-0.2, 0) is 12.8 Å². The summed E-state index contributed by atoms with van der Waals surface area (Å²) in [5, 5.41) is 7.43. The summed E-state index contributed by atoms with van der Waals surface area (Å²) >= 11 is 0. The fourth-order valence-electron chi connectivity index (χ4n) is 2.45. The molecule has 0 spiro atoms. The maximum Gasteiger partial charge on any atom is 0.417 e. The smallest absolute Gasteiger partial charge is 0.417 e. The maximum atomic E-state index is 13.1. The van der Waals surface area contributed by atoms with Gasteiger partial charge in [0.2, 0.25) is 12.7 Å². The number of ether oxygens (including phenoxy) is 3. The molecule has 1 aromatic heterocycles. The van der Waals surface area contributed by atoms with E-state index >= 15 is 0 Å².